The van der Waals surface area contributed by atoms with Crippen LogP contribution in [0.3, 0.4) is 0 Å². The van der Waals surface area contributed by atoms with Gasteiger partial charge in [-0.1, -0.05) is 12.1 Å². The number of amides is 1. The topological polar surface area (TPSA) is 23.6 Å². The molecule has 0 bridgehead atoms. The molecular formula is C18H23FN2O. The smallest absolute Gasteiger partial charge is 0.226 e. The van der Waals surface area contributed by atoms with Gasteiger partial charge >= 0.3 is 0 Å². The van der Waals surface area contributed by atoms with Gasteiger partial charge in [-0.05, 0) is 62.4 Å². The van der Waals surface area contributed by atoms with Crippen LogP contribution in [0.2, 0.25) is 0 Å². The summed E-state index contributed by atoms with van der Waals surface area (Å²) in [6, 6.07) is 7.21. The number of carbonyl (C=O) groups excluding carboxylic acids is 1. The van der Waals surface area contributed by atoms with Gasteiger partial charge in [0.1, 0.15) is 5.82 Å². The van der Waals surface area contributed by atoms with E-state index in [1.165, 1.54) is 38.1 Å². The number of halogens is 1. The Morgan fingerprint density at radius 1 is 1.09 bits per heavy atom. The Morgan fingerprint density at radius 2 is 1.82 bits per heavy atom. The summed E-state index contributed by atoms with van der Waals surface area (Å²) in [5.74, 6) is 0.540. The minimum atomic E-state index is -0.208. The van der Waals surface area contributed by atoms with E-state index in [4.69, 9.17) is 0 Å². The maximum atomic E-state index is 13.0. The second-order valence-corrected chi connectivity index (χ2v) is 6.97. The van der Waals surface area contributed by atoms with E-state index in [0.29, 0.717) is 17.9 Å². The number of carbonyl (C=O) groups is 1. The van der Waals surface area contributed by atoms with Crippen LogP contribution in [-0.4, -0.2) is 47.9 Å². The van der Waals surface area contributed by atoms with E-state index in [0.717, 1.165) is 31.5 Å². The lowest BCUT2D eigenvalue weighted by molar-refractivity contribution is -0.131. The fraction of sp³-hybridized carbons (Fsp3) is 0.611. The van der Waals surface area contributed by atoms with Crippen molar-refractivity contribution in [1.29, 1.82) is 0 Å². The molecule has 0 radical (unpaired) electrons. The van der Waals surface area contributed by atoms with Crippen LogP contribution < -0.4 is 0 Å². The Labute approximate surface area is 131 Å². The van der Waals surface area contributed by atoms with Crippen LogP contribution in [-0.2, 0) is 4.79 Å². The van der Waals surface area contributed by atoms with Crippen LogP contribution in [0.5, 0.6) is 0 Å². The molecule has 3 aliphatic rings. The van der Waals surface area contributed by atoms with E-state index in [-0.39, 0.29) is 11.7 Å². The van der Waals surface area contributed by atoms with Crippen molar-refractivity contribution in [2.75, 3.05) is 26.2 Å². The third-order valence-electron chi connectivity index (χ3n) is 5.54. The summed E-state index contributed by atoms with van der Waals surface area (Å²) in [4.78, 5) is 17.3. The van der Waals surface area contributed by atoms with Crippen LogP contribution >= 0.6 is 0 Å². The van der Waals surface area contributed by atoms with E-state index < -0.39 is 0 Å². The van der Waals surface area contributed by atoms with Crippen molar-refractivity contribution < 1.29 is 9.18 Å². The van der Waals surface area contributed by atoms with Crippen molar-refractivity contribution in [2.45, 2.75) is 37.6 Å². The predicted octanol–water partition coefficient (Wildman–Crippen LogP) is 2.63. The highest BCUT2D eigenvalue weighted by atomic mass is 19.1. The van der Waals surface area contributed by atoms with Crippen molar-refractivity contribution in [3.8, 4) is 0 Å². The van der Waals surface area contributed by atoms with Gasteiger partial charge in [0, 0.05) is 25.0 Å². The normalized spacial score (nSPS) is 31.7. The zero-order valence-electron chi connectivity index (χ0n) is 12.9. The molecule has 22 heavy (non-hydrogen) atoms. The summed E-state index contributed by atoms with van der Waals surface area (Å²) >= 11 is 0. The summed E-state index contributed by atoms with van der Waals surface area (Å²) < 4.78 is 13.0. The largest absolute Gasteiger partial charge is 0.341 e. The number of hydrogen-bond donors (Lipinski definition) is 0. The van der Waals surface area contributed by atoms with Gasteiger partial charge in [0.15, 0.2) is 0 Å². The van der Waals surface area contributed by atoms with E-state index in [9.17, 15) is 9.18 Å². The first-order valence-electron chi connectivity index (χ1n) is 8.50. The summed E-state index contributed by atoms with van der Waals surface area (Å²) in [5, 5.41) is 0. The zero-order chi connectivity index (χ0) is 15.1. The lowest BCUT2D eigenvalue weighted by atomic mass is 10.1. The highest BCUT2D eigenvalue weighted by Gasteiger charge is 2.47. The van der Waals surface area contributed by atoms with E-state index in [1.54, 1.807) is 0 Å². The molecule has 2 saturated heterocycles. The van der Waals surface area contributed by atoms with E-state index >= 15 is 0 Å². The molecule has 1 aliphatic carbocycles. The van der Waals surface area contributed by atoms with Crippen LogP contribution in [0.1, 0.15) is 37.2 Å². The number of benzene rings is 1. The summed E-state index contributed by atoms with van der Waals surface area (Å²) in [6.07, 6.45) is 4.66. The van der Waals surface area contributed by atoms with Gasteiger partial charge < -0.3 is 4.90 Å². The quantitative estimate of drug-likeness (QED) is 0.857. The van der Waals surface area contributed by atoms with Crippen LogP contribution in [0.25, 0.3) is 0 Å². The van der Waals surface area contributed by atoms with Gasteiger partial charge in [0.2, 0.25) is 5.91 Å². The first-order chi connectivity index (χ1) is 10.7. The second-order valence-electron chi connectivity index (χ2n) is 6.97. The Balaban J connectivity index is 1.34. The first kappa shape index (κ1) is 14.2. The molecule has 0 aromatic heterocycles. The van der Waals surface area contributed by atoms with Gasteiger partial charge in [-0.2, -0.15) is 0 Å². The molecule has 0 spiro atoms. The maximum absolute atomic E-state index is 13.0. The molecular weight excluding hydrogens is 279 g/mol. The van der Waals surface area contributed by atoms with Crippen LogP contribution in [0, 0.1) is 11.7 Å². The summed E-state index contributed by atoms with van der Waals surface area (Å²) in [7, 11) is 0. The van der Waals surface area contributed by atoms with Crippen molar-refractivity contribution >= 4 is 5.91 Å². The molecule has 3 nitrogen and oxygen atoms in total. The van der Waals surface area contributed by atoms with Crippen molar-refractivity contribution in [2.24, 2.45) is 5.92 Å². The third kappa shape index (κ3) is 2.65. The fourth-order valence-electron chi connectivity index (χ4n) is 4.13. The SMILES string of the molecule is O=C([C@@H]1C[C@H]1c1ccc(F)cc1)N1CC[C@H](N2CCCC2)C1. The molecule has 3 atom stereocenters. The minimum Gasteiger partial charge on any atom is -0.341 e. The Hall–Kier alpha value is -1.42. The maximum Gasteiger partial charge on any atom is 0.226 e. The Morgan fingerprint density at radius 3 is 2.55 bits per heavy atom. The lowest BCUT2D eigenvalue weighted by Crippen LogP contribution is -2.37. The molecule has 1 saturated carbocycles. The monoisotopic (exact) mass is 302 g/mol. The number of nitrogens with zero attached hydrogens (tertiary/aromatic N) is 2. The summed E-state index contributed by atoms with van der Waals surface area (Å²) in [6.45, 7) is 4.22. The van der Waals surface area contributed by atoms with Gasteiger partial charge in [-0.3, -0.25) is 9.69 Å². The Kier molecular flexibility index (Phi) is 3.65. The molecule has 1 aromatic rings. The first-order valence-corrected chi connectivity index (χ1v) is 8.50. The van der Waals surface area contributed by atoms with Crippen molar-refractivity contribution in [3.05, 3.63) is 35.6 Å². The van der Waals surface area contributed by atoms with Gasteiger partial charge in [-0.25, -0.2) is 4.39 Å². The molecule has 2 heterocycles. The molecule has 4 rings (SSSR count). The number of hydrogen-bond acceptors (Lipinski definition) is 2. The number of rotatable bonds is 3. The molecule has 2 aliphatic heterocycles. The third-order valence-corrected chi connectivity index (χ3v) is 5.54. The standard InChI is InChI=1S/C18H23FN2O/c19-14-5-3-13(4-6-14)16-11-17(16)18(22)21-10-7-15(12-21)20-8-1-2-9-20/h3-6,15-17H,1-2,7-12H2/t15-,16-,17+/m0/s1. The predicted molar refractivity (Wildman–Crippen MR) is 83.0 cm³/mol. The lowest BCUT2D eigenvalue weighted by Gasteiger charge is -2.23. The highest BCUT2D eigenvalue weighted by molar-refractivity contribution is 5.83. The average molecular weight is 302 g/mol. The molecule has 0 N–H and O–H groups in total. The van der Waals surface area contributed by atoms with Gasteiger partial charge in [0.25, 0.3) is 0 Å². The zero-order valence-corrected chi connectivity index (χ0v) is 12.9. The van der Waals surface area contributed by atoms with E-state index in [1.807, 2.05) is 12.1 Å². The fourth-order valence-corrected chi connectivity index (χ4v) is 4.13. The van der Waals surface area contributed by atoms with Gasteiger partial charge in [0.05, 0.1) is 0 Å². The van der Waals surface area contributed by atoms with E-state index in [2.05, 4.69) is 9.80 Å². The van der Waals surface area contributed by atoms with Crippen molar-refractivity contribution in [3.63, 3.8) is 0 Å². The molecule has 118 valence electrons. The summed E-state index contributed by atoms with van der Waals surface area (Å²) in [5.41, 5.74) is 1.11. The highest BCUT2D eigenvalue weighted by Crippen LogP contribution is 2.48. The van der Waals surface area contributed by atoms with Crippen LogP contribution in [0.4, 0.5) is 4.39 Å². The molecule has 1 aromatic carbocycles. The Bertz CT molecular complexity index is 553. The van der Waals surface area contributed by atoms with Crippen LogP contribution in [0.15, 0.2) is 24.3 Å². The minimum absolute atomic E-state index is 0.128. The second kappa shape index (κ2) is 5.65. The van der Waals surface area contributed by atoms with Gasteiger partial charge in [-0.15, -0.1) is 0 Å². The molecule has 4 heteroatoms. The van der Waals surface area contributed by atoms with Crippen molar-refractivity contribution in [1.82, 2.24) is 9.80 Å². The molecule has 3 fully saturated rings. The number of likely N-dealkylation sites (tertiary alicyclic amines) is 2. The average Bonchev–Trinajstić information content (AvgIpc) is 2.94. The molecule has 1 amide bonds. The molecule has 0 unspecified atom stereocenters.